The van der Waals surface area contributed by atoms with Crippen molar-refractivity contribution in [3.05, 3.63) is 46.2 Å². The van der Waals surface area contributed by atoms with Gasteiger partial charge < -0.3 is 10.6 Å². The molecule has 0 radical (unpaired) electrons. The van der Waals surface area contributed by atoms with Gasteiger partial charge in [0, 0.05) is 23.5 Å². The first kappa shape index (κ1) is 19.2. The average Bonchev–Trinajstić information content (AvgIpc) is 3.13. The Morgan fingerprint density at radius 2 is 2.19 bits per heavy atom. The Balaban J connectivity index is 0.00000196. The first-order chi connectivity index (χ1) is 12.1. The number of nitrogens with one attached hydrogen (secondary N) is 2. The predicted octanol–water partition coefficient (Wildman–Crippen LogP) is 3.62. The molecule has 2 heterocycles. The zero-order valence-electron chi connectivity index (χ0n) is 14.8. The Hall–Kier alpha value is -1.56. The van der Waals surface area contributed by atoms with E-state index in [1.165, 1.54) is 6.42 Å². The van der Waals surface area contributed by atoms with E-state index in [0.29, 0.717) is 29.1 Å². The van der Waals surface area contributed by atoms with E-state index in [4.69, 9.17) is 11.6 Å². The number of aromatic nitrogens is 2. The molecule has 1 aliphatic carbocycles. The molecule has 1 aromatic carbocycles. The third kappa shape index (κ3) is 3.90. The Bertz CT molecular complexity index is 795. The van der Waals surface area contributed by atoms with Gasteiger partial charge in [0.05, 0.1) is 23.1 Å². The van der Waals surface area contributed by atoms with E-state index in [0.717, 1.165) is 42.8 Å². The second-order valence-electron chi connectivity index (χ2n) is 7.07. The molecule has 140 valence electrons. The fourth-order valence-corrected chi connectivity index (χ4v) is 3.62. The highest BCUT2D eigenvalue weighted by molar-refractivity contribution is 6.31. The molecule has 0 spiro atoms. The monoisotopic (exact) mass is 394 g/mol. The summed E-state index contributed by atoms with van der Waals surface area (Å²) in [5, 5.41) is 11.7. The van der Waals surface area contributed by atoms with E-state index in [1.54, 1.807) is 6.20 Å². The Morgan fingerprint density at radius 3 is 2.85 bits per heavy atom. The molecule has 4 rings (SSSR count). The van der Waals surface area contributed by atoms with Gasteiger partial charge in [0.2, 0.25) is 0 Å². The van der Waals surface area contributed by atoms with Gasteiger partial charge in [0.15, 0.2) is 0 Å². The summed E-state index contributed by atoms with van der Waals surface area (Å²) in [7, 11) is 0. The summed E-state index contributed by atoms with van der Waals surface area (Å²) in [6.07, 6.45) is 6.21. The van der Waals surface area contributed by atoms with Crippen LogP contribution in [0.5, 0.6) is 0 Å². The minimum Gasteiger partial charge on any atom is -0.350 e. The second kappa shape index (κ2) is 7.99. The van der Waals surface area contributed by atoms with Crippen LogP contribution in [0.3, 0.4) is 0 Å². The van der Waals surface area contributed by atoms with Crippen LogP contribution in [-0.4, -0.2) is 34.8 Å². The third-order valence-electron chi connectivity index (χ3n) is 5.09. The van der Waals surface area contributed by atoms with Crippen LogP contribution >= 0.6 is 24.0 Å². The number of amides is 1. The quantitative estimate of drug-likeness (QED) is 0.813. The smallest absolute Gasteiger partial charge is 0.254 e. The van der Waals surface area contributed by atoms with Crippen molar-refractivity contribution in [2.75, 3.05) is 13.1 Å². The van der Waals surface area contributed by atoms with E-state index in [1.807, 2.05) is 29.8 Å². The fraction of sp³-hybridized carbons (Fsp3) is 0.474. The van der Waals surface area contributed by atoms with Gasteiger partial charge in [0.1, 0.15) is 0 Å². The lowest BCUT2D eigenvalue weighted by Crippen LogP contribution is -2.37. The van der Waals surface area contributed by atoms with Crippen LogP contribution in [0.25, 0.3) is 5.69 Å². The number of halogens is 2. The second-order valence-corrected chi connectivity index (χ2v) is 7.47. The largest absolute Gasteiger partial charge is 0.350 e. The Labute approximate surface area is 164 Å². The minimum atomic E-state index is -0.0277. The van der Waals surface area contributed by atoms with Crippen molar-refractivity contribution < 1.29 is 4.79 Å². The fourth-order valence-electron chi connectivity index (χ4n) is 3.44. The molecule has 2 aromatic rings. The minimum absolute atomic E-state index is 0. The third-order valence-corrected chi connectivity index (χ3v) is 5.49. The number of hydrogen-bond donors (Lipinski definition) is 2. The number of nitrogens with zero attached hydrogens (tertiary/aromatic N) is 2. The van der Waals surface area contributed by atoms with Crippen LogP contribution < -0.4 is 10.6 Å². The molecule has 2 aliphatic rings. The lowest BCUT2D eigenvalue weighted by Gasteiger charge is -2.13. The van der Waals surface area contributed by atoms with Crippen molar-refractivity contribution >= 4 is 29.9 Å². The maximum Gasteiger partial charge on any atom is 0.254 e. The number of hydrogen-bond acceptors (Lipinski definition) is 3. The van der Waals surface area contributed by atoms with Gasteiger partial charge in [-0.3, -0.25) is 4.79 Å². The first-order valence-corrected chi connectivity index (χ1v) is 9.37. The molecule has 1 saturated heterocycles. The summed E-state index contributed by atoms with van der Waals surface area (Å²) >= 11 is 6.28. The summed E-state index contributed by atoms with van der Waals surface area (Å²) in [5.41, 5.74) is 3.65. The van der Waals surface area contributed by atoms with Crippen molar-refractivity contribution in [2.45, 2.75) is 44.6 Å². The summed E-state index contributed by atoms with van der Waals surface area (Å²) in [5.74, 6) is 0.382. The van der Waals surface area contributed by atoms with Crippen molar-refractivity contribution in [3.63, 3.8) is 0 Å². The topological polar surface area (TPSA) is 59.0 Å². The van der Waals surface area contributed by atoms with E-state index in [-0.39, 0.29) is 18.3 Å². The Morgan fingerprint density at radius 1 is 1.38 bits per heavy atom. The van der Waals surface area contributed by atoms with Gasteiger partial charge in [-0.25, -0.2) is 4.68 Å². The summed E-state index contributed by atoms with van der Waals surface area (Å²) in [4.78, 5) is 12.7. The molecule has 7 heteroatoms. The first-order valence-electron chi connectivity index (χ1n) is 8.99. The van der Waals surface area contributed by atoms with Crippen molar-refractivity contribution in [1.29, 1.82) is 0 Å². The molecule has 5 nitrogen and oxygen atoms in total. The van der Waals surface area contributed by atoms with E-state index in [2.05, 4.69) is 15.7 Å². The zero-order valence-corrected chi connectivity index (χ0v) is 16.4. The van der Waals surface area contributed by atoms with Crippen LogP contribution in [0.1, 0.15) is 53.2 Å². The SMILES string of the molecule is Cc1ccc(-n2ncc(C(=O)NCC3CCCN3)c2C2CC2)cc1Cl.Cl. The van der Waals surface area contributed by atoms with Crippen molar-refractivity contribution in [1.82, 2.24) is 20.4 Å². The number of carbonyl (C=O) groups excluding carboxylic acids is 1. The van der Waals surface area contributed by atoms with Crippen LogP contribution in [0.15, 0.2) is 24.4 Å². The molecule has 26 heavy (non-hydrogen) atoms. The molecular formula is C19H24Cl2N4O. The maximum absolute atomic E-state index is 12.7. The van der Waals surface area contributed by atoms with Gasteiger partial charge >= 0.3 is 0 Å². The normalized spacial score (nSPS) is 19.2. The molecule has 2 N–H and O–H groups in total. The van der Waals surface area contributed by atoms with E-state index >= 15 is 0 Å². The molecule has 2 fully saturated rings. The van der Waals surface area contributed by atoms with Gasteiger partial charge in [0.25, 0.3) is 5.91 Å². The molecule has 1 unspecified atom stereocenters. The molecule has 1 atom stereocenters. The predicted molar refractivity (Wildman–Crippen MR) is 106 cm³/mol. The number of carbonyl (C=O) groups is 1. The highest BCUT2D eigenvalue weighted by Crippen LogP contribution is 2.42. The van der Waals surface area contributed by atoms with E-state index in [9.17, 15) is 4.79 Å². The molecule has 1 amide bonds. The van der Waals surface area contributed by atoms with Crippen LogP contribution in [-0.2, 0) is 0 Å². The van der Waals surface area contributed by atoms with Crippen molar-refractivity contribution in [3.8, 4) is 5.69 Å². The highest BCUT2D eigenvalue weighted by Gasteiger charge is 2.33. The summed E-state index contributed by atoms with van der Waals surface area (Å²) in [6, 6.07) is 6.30. The molecular weight excluding hydrogens is 371 g/mol. The van der Waals surface area contributed by atoms with Gasteiger partial charge in [-0.2, -0.15) is 5.10 Å². The molecule has 1 aromatic heterocycles. The number of rotatable bonds is 5. The lowest BCUT2D eigenvalue weighted by atomic mass is 10.1. The summed E-state index contributed by atoms with van der Waals surface area (Å²) < 4.78 is 1.88. The Kier molecular flexibility index (Phi) is 5.90. The number of aryl methyl sites for hydroxylation is 1. The van der Waals surface area contributed by atoms with Gasteiger partial charge in [-0.05, 0) is 56.8 Å². The van der Waals surface area contributed by atoms with Crippen LogP contribution in [0.2, 0.25) is 5.02 Å². The van der Waals surface area contributed by atoms with Crippen molar-refractivity contribution in [2.24, 2.45) is 0 Å². The number of benzene rings is 1. The molecule has 1 saturated carbocycles. The maximum atomic E-state index is 12.7. The highest BCUT2D eigenvalue weighted by atomic mass is 35.5. The summed E-state index contributed by atoms with van der Waals surface area (Å²) in [6.45, 7) is 3.69. The standard InChI is InChI=1S/C19H23ClN4O.ClH/c1-12-4-7-15(9-17(12)20)24-18(13-5-6-13)16(11-23-24)19(25)22-10-14-3-2-8-21-14;/h4,7,9,11,13-14,21H,2-3,5-6,8,10H2,1H3,(H,22,25);1H. The lowest BCUT2D eigenvalue weighted by molar-refractivity contribution is 0.0949. The van der Waals surface area contributed by atoms with Crippen LogP contribution in [0, 0.1) is 6.92 Å². The average molecular weight is 395 g/mol. The van der Waals surface area contributed by atoms with E-state index < -0.39 is 0 Å². The van der Waals surface area contributed by atoms with Crippen LogP contribution in [0.4, 0.5) is 0 Å². The van der Waals surface area contributed by atoms with Gasteiger partial charge in [-0.15, -0.1) is 12.4 Å². The molecule has 1 aliphatic heterocycles. The molecule has 0 bridgehead atoms. The zero-order chi connectivity index (χ0) is 17.4. The van der Waals surface area contributed by atoms with Gasteiger partial charge in [-0.1, -0.05) is 17.7 Å².